The predicted molar refractivity (Wildman–Crippen MR) is 77.2 cm³/mol. The topological polar surface area (TPSA) is 59.5 Å². The molecule has 1 fully saturated rings. The molecular weight excluding hydrogens is 300 g/mol. The Morgan fingerprint density at radius 3 is 2.60 bits per heavy atom. The zero-order chi connectivity index (χ0) is 14.6. The van der Waals surface area contributed by atoms with Crippen molar-refractivity contribution in [3.63, 3.8) is 0 Å². The van der Waals surface area contributed by atoms with Gasteiger partial charge in [0.25, 0.3) is 10.0 Å². The molecule has 0 unspecified atom stereocenters. The average Bonchev–Trinajstić information content (AvgIpc) is 2.48. The molecule has 0 atom stereocenters. The van der Waals surface area contributed by atoms with Gasteiger partial charge in [0, 0.05) is 38.9 Å². The molecule has 1 aromatic rings. The first kappa shape index (κ1) is 15.7. The van der Waals surface area contributed by atoms with E-state index < -0.39 is 10.0 Å². The highest BCUT2D eigenvalue weighted by molar-refractivity contribution is 7.89. The number of ether oxygens (including phenoxy) is 1. The lowest BCUT2D eigenvalue weighted by atomic mass is 9.99. The van der Waals surface area contributed by atoms with E-state index in [-0.39, 0.29) is 5.03 Å². The Hall–Kier alpha value is -0.690. The van der Waals surface area contributed by atoms with Crippen LogP contribution in [0.5, 0.6) is 0 Å². The van der Waals surface area contributed by atoms with Crippen LogP contribution in [0.15, 0.2) is 23.4 Å². The van der Waals surface area contributed by atoms with Gasteiger partial charge in [-0.3, -0.25) is 0 Å². The lowest BCUT2D eigenvalue weighted by molar-refractivity contribution is 0.121. The number of rotatable bonds is 5. The molecule has 112 valence electrons. The molecule has 0 aromatic carbocycles. The van der Waals surface area contributed by atoms with Crippen molar-refractivity contribution in [2.45, 2.75) is 23.7 Å². The molecule has 5 nitrogen and oxygen atoms in total. The van der Waals surface area contributed by atoms with Crippen LogP contribution in [-0.4, -0.2) is 44.5 Å². The van der Waals surface area contributed by atoms with Gasteiger partial charge < -0.3 is 4.74 Å². The van der Waals surface area contributed by atoms with Crippen molar-refractivity contribution in [2.75, 3.05) is 26.8 Å². The van der Waals surface area contributed by atoms with Crippen molar-refractivity contribution in [1.29, 1.82) is 0 Å². The normalized spacial score (nSPS) is 18.3. The van der Waals surface area contributed by atoms with Crippen LogP contribution in [0, 0.1) is 5.92 Å². The van der Waals surface area contributed by atoms with E-state index in [0.717, 1.165) is 18.4 Å². The van der Waals surface area contributed by atoms with Crippen LogP contribution < -0.4 is 0 Å². The summed E-state index contributed by atoms with van der Waals surface area (Å²) in [5.41, 5.74) is 0.810. The second-order valence-corrected chi connectivity index (χ2v) is 7.09. The van der Waals surface area contributed by atoms with Gasteiger partial charge in [-0.2, -0.15) is 4.31 Å². The molecule has 0 amide bonds. The maximum Gasteiger partial charge on any atom is 0.260 e. The number of hydrogen-bond acceptors (Lipinski definition) is 4. The third-order valence-corrected chi connectivity index (χ3v) is 5.66. The van der Waals surface area contributed by atoms with Crippen LogP contribution in [0.25, 0.3) is 0 Å². The van der Waals surface area contributed by atoms with Gasteiger partial charge in [-0.1, -0.05) is 6.07 Å². The summed E-state index contributed by atoms with van der Waals surface area (Å²) < 4.78 is 31.5. The van der Waals surface area contributed by atoms with Crippen molar-refractivity contribution in [2.24, 2.45) is 5.92 Å². The fourth-order valence-corrected chi connectivity index (χ4v) is 3.87. The molecule has 1 saturated heterocycles. The van der Waals surface area contributed by atoms with E-state index in [2.05, 4.69) is 4.98 Å². The maximum atomic E-state index is 12.5. The highest BCUT2D eigenvalue weighted by atomic mass is 35.5. The SMILES string of the molecule is COCC1CCN(S(=O)(=O)c2ccc(CCl)cn2)CC1. The van der Waals surface area contributed by atoms with Gasteiger partial charge in [-0.25, -0.2) is 13.4 Å². The highest BCUT2D eigenvalue weighted by Gasteiger charge is 2.30. The number of halogens is 1. The zero-order valence-electron chi connectivity index (χ0n) is 11.5. The van der Waals surface area contributed by atoms with Gasteiger partial charge in [0.2, 0.25) is 0 Å². The Labute approximate surface area is 125 Å². The van der Waals surface area contributed by atoms with Crippen LogP contribution in [0.4, 0.5) is 0 Å². The van der Waals surface area contributed by atoms with Crippen LogP contribution in [0.3, 0.4) is 0 Å². The number of sulfonamides is 1. The predicted octanol–water partition coefficient (Wildman–Crippen LogP) is 1.87. The Bertz CT molecular complexity index is 525. The standard InChI is InChI=1S/C13H19ClN2O3S/c1-19-10-11-4-6-16(7-5-11)20(17,18)13-3-2-12(8-14)9-15-13/h2-3,9,11H,4-8,10H2,1H3. The second kappa shape index (κ2) is 6.85. The van der Waals surface area contributed by atoms with Crippen molar-refractivity contribution in [3.8, 4) is 0 Å². The maximum absolute atomic E-state index is 12.5. The number of nitrogens with zero attached hydrogens (tertiary/aromatic N) is 2. The molecule has 0 radical (unpaired) electrons. The molecule has 20 heavy (non-hydrogen) atoms. The summed E-state index contributed by atoms with van der Waals surface area (Å²) in [5.74, 6) is 0.772. The van der Waals surface area contributed by atoms with E-state index in [9.17, 15) is 8.42 Å². The first-order valence-electron chi connectivity index (χ1n) is 6.58. The van der Waals surface area contributed by atoms with E-state index in [1.54, 1.807) is 13.2 Å². The molecule has 0 spiro atoms. The van der Waals surface area contributed by atoms with Crippen LogP contribution in [0.2, 0.25) is 0 Å². The van der Waals surface area contributed by atoms with Gasteiger partial charge in [-0.05, 0) is 30.4 Å². The Balaban J connectivity index is 2.07. The summed E-state index contributed by atoms with van der Waals surface area (Å²) in [6, 6.07) is 3.22. The molecule has 1 aromatic heterocycles. The number of hydrogen-bond donors (Lipinski definition) is 0. The Kier molecular flexibility index (Phi) is 5.37. The fourth-order valence-electron chi connectivity index (χ4n) is 2.33. The minimum absolute atomic E-state index is 0.0940. The number of alkyl halides is 1. The van der Waals surface area contributed by atoms with Gasteiger partial charge >= 0.3 is 0 Å². The highest BCUT2D eigenvalue weighted by Crippen LogP contribution is 2.23. The quantitative estimate of drug-likeness (QED) is 0.778. The van der Waals surface area contributed by atoms with E-state index >= 15 is 0 Å². The summed E-state index contributed by atoms with van der Waals surface area (Å²) in [7, 11) is -1.81. The first-order chi connectivity index (χ1) is 9.57. The van der Waals surface area contributed by atoms with Gasteiger partial charge in [-0.15, -0.1) is 11.6 Å². The number of pyridine rings is 1. The third-order valence-electron chi connectivity index (χ3n) is 3.53. The van der Waals surface area contributed by atoms with E-state index in [4.69, 9.17) is 16.3 Å². The molecule has 2 heterocycles. The van der Waals surface area contributed by atoms with E-state index in [1.807, 2.05) is 0 Å². The molecule has 1 aliphatic rings. The summed E-state index contributed by atoms with van der Waals surface area (Å²) in [5, 5.41) is 0.0940. The van der Waals surface area contributed by atoms with Crippen LogP contribution >= 0.6 is 11.6 Å². The summed E-state index contributed by atoms with van der Waals surface area (Å²) >= 11 is 5.68. The molecule has 1 aliphatic heterocycles. The fraction of sp³-hybridized carbons (Fsp3) is 0.615. The largest absolute Gasteiger partial charge is 0.384 e. The van der Waals surface area contributed by atoms with Gasteiger partial charge in [0.1, 0.15) is 0 Å². The van der Waals surface area contributed by atoms with E-state index in [1.165, 1.54) is 16.6 Å². The third kappa shape index (κ3) is 3.49. The first-order valence-corrected chi connectivity index (χ1v) is 8.55. The second-order valence-electron chi connectivity index (χ2n) is 4.94. The molecule has 0 N–H and O–H groups in total. The molecule has 7 heteroatoms. The lowest BCUT2D eigenvalue weighted by Gasteiger charge is -2.30. The minimum atomic E-state index is -3.49. The average molecular weight is 319 g/mol. The number of aromatic nitrogens is 1. The monoisotopic (exact) mass is 318 g/mol. The molecule has 0 aliphatic carbocycles. The van der Waals surface area contributed by atoms with Gasteiger partial charge in [0.05, 0.1) is 0 Å². The number of methoxy groups -OCH3 is 1. The summed E-state index contributed by atoms with van der Waals surface area (Å²) in [6.07, 6.45) is 3.16. The lowest BCUT2D eigenvalue weighted by Crippen LogP contribution is -2.39. The zero-order valence-corrected chi connectivity index (χ0v) is 13.0. The molecule has 0 saturated carbocycles. The van der Waals surface area contributed by atoms with Crippen molar-refractivity contribution >= 4 is 21.6 Å². The van der Waals surface area contributed by atoms with Crippen LogP contribution in [-0.2, 0) is 20.6 Å². The Morgan fingerprint density at radius 2 is 2.10 bits per heavy atom. The Morgan fingerprint density at radius 1 is 1.40 bits per heavy atom. The molecular formula is C13H19ClN2O3S. The molecule has 0 bridgehead atoms. The van der Waals surface area contributed by atoms with Crippen molar-refractivity contribution < 1.29 is 13.2 Å². The summed E-state index contributed by atoms with van der Waals surface area (Å²) in [6.45, 7) is 1.74. The minimum Gasteiger partial charge on any atom is -0.384 e. The molecule has 2 rings (SSSR count). The van der Waals surface area contributed by atoms with Crippen LogP contribution in [0.1, 0.15) is 18.4 Å². The van der Waals surface area contributed by atoms with Crippen molar-refractivity contribution in [1.82, 2.24) is 9.29 Å². The summed E-state index contributed by atoms with van der Waals surface area (Å²) in [4.78, 5) is 4.01. The van der Waals surface area contributed by atoms with Crippen molar-refractivity contribution in [3.05, 3.63) is 23.9 Å². The smallest absolute Gasteiger partial charge is 0.260 e. The van der Waals surface area contributed by atoms with Gasteiger partial charge in [0.15, 0.2) is 5.03 Å². The number of piperidine rings is 1. The van der Waals surface area contributed by atoms with E-state index in [0.29, 0.717) is 31.5 Å².